The summed E-state index contributed by atoms with van der Waals surface area (Å²) in [6.45, 7) is 7.47. The average molecular weight is 394 g/mol. The molecule has 2 unspecified atom stereocenters. The topological polar surface area (TPSA) is 76.0 Å². The summed E-state index contributed by atoms with van der Waals surface area (Å²) >= 11 is 1.66. The van der Waals surface area contributed by atoms with Gasteiger partial charge in [0.05, 0.1) is 19.3 Å². The number of amides is 2. The molecular weight excluding hydrogens is 362 g/mol. The van der Waals surface area contributed by atoms with Crippen LogP contribution in [0.3, 0.4) is 0 Å². The zero-order valence-corrected chi connectivity index (χ0v) is 17.0. The van der Waals surface area contributed by atoms with Crippen LogP contribution in [-0.4, -0.2) is 72.3 Å². The van der Waals surface area contributed by atoms with Crippen LogP contribution in [0.15, 0.2) is 29.2 Å². The Kier molecular flexibility index (Phi) is 6.55. The Hall–Kier alpha value is -1.44. The molecule has 3 heterocycles. The molecular formula is C20H31N3O3S. The van der Waals surface area contributed by atoms with Crippen molar-refractivity contribution in [1.82, 2.24) is 10.2 Å². The van der Waals surface area contributed by atoms with E-state index in [9.17, 15) is 4.79 Å². The summed E-state index contributed by atoms with van der Waals surface area (Å²) in [5.41, 5.74) is 1.32. The second kappa shape index (κ2) is 8.71. The summed E-state index contributed by atoms with van der Waals surface area (Å²) in [5, 5.41) is 20.8. The van der Waals surface area contributed by atoms with Crippen molar-refractivity contribution >= 4 is 23.5 Å². The van der Waals surface area contributed by atoms with Gasteiger partial charge in [0.15, 0.2) is 0 Å². The summed E-state index contributed by atoms with van der Waals surface area (Å²) in [6.07, 6.45) is 1.11. The molecule has 27 heavy (non-hydrogen) atoms. The number of carbonyl (C=O) groups is 1. The van der Waals surface area contributed by atoms with E-state index in [2.05, 4.69) is 48.3 Å². The molecule has 2 amide bonds. The van der Waals surface area contributed by atoms with Gasteiger partial charge in [-0.05, 0) is 42.0 Å². The minimum absolute atomic E-state index is 0.0370. The number of fused-ring (bicyclic) bond motifs is 4. The number of benzene rings is 1. The number of carbonyl (C=O) groups excluding carboxylic acids is 1. The summed E-state index contributed by atoms with van der Waals surface area (Å²) < 4.78 is 0. The van der Waals surface area contributed by atoms with Crippen LogP contribution in [0.5, 0.6) is 0 Å². The van der Waals surface area contributed by atoms with Crippen LogP contribution in [0.25, 0.3) is 0 Å². The van der Waals surface area contributed by atoms with E-state index in [1.165, 1.54) is 5.69 Å². The minimum atomic E-state index is -0.0747. The van der Waals surface area contributed by atoms with E-state index >= 15 is 0 Å². The maximum atomic E-state index is 12.5. The lowest BCUT2D eigenvalue weighted by atomic mass is 9.73. The highest BCUT2D eigenvalue weighted by atomic mass is 32.2. The van der Waals surface area contributed by atoms with Crippen LogP contribution in [-0.2, 0) is 0 Å². The number of hydrogen-bond donors (Lipinski definition) is 3. The Morgan fingerprint density at radius 2 is 1.93 bits per heavy atom. The highest BCUT2D eigenvalue weighted by Gasteiger charge is 2.46. The third-order valence-corrected chi connectivity index (χ3v) is 6.62. The van der Waals surface area contributed by atoms with Gasteiger partial charge in [0.1, 0.15) is 0 Å². The Bertz CT molecular complexity index is 638. The number of nitrogens with one attached hydrogen (secondary N) is 1. The van der Waals surface area contributed by atoms with Gasteiger partial charge in [-0.25, -0.2) is 4.79 Å². The van der Waals surface area contributed by atoms with Crippen molar-refractivity contribution in [1.29, 1.82) is 0 Å². The highest BCUT2D eigenvalue weighted by molar-refractivity contribution is 7.99. The molecule has 0 aliphatic carbocycles. The van der Waals surface area contributed by atoms with Gasteiger partial charge in [0.2, 0.25) is 0 Å². The molecule has 1 aromatic rings. The van der Waals surface area contributed by atoms with Crippen molar-refractivity contribution in [2.45, 2.75) is 31.2 Å². The van der Waals surface area contributed by atoms with E-state index in [0.717, 1.165) is 24.4 Å². The average Bonchev–Trinajstić information content (AvgIpc) is 2.92. The molecule has 0 spiro atoms. The normalized spacial score (nSPS) is 24.0. The lowest BCUT2D eigenvalue weighted by Gasteiger charge is -2.48. The summed E-state index contributed by atoms with van der Waals surface area (Å²) in [7, 11) is 0. The first-order valence-electron chi connectivity index (χ1n) is 9.68. The molecule has 6 nitrogen and oxygen atoms in total. The Morgan fingerprint density at radius 3 is 2.59 bits per heavy atom. The van der Waals surface area contributed by atoms with Crippen molar-refractivity contribution < 1.29 is 15.0 Å². The van der Waals surface area contributed by atoms with Gasteiger partial charge in [0.25, 0.3) is 0 Å². The molecule has 0 aromatic heterocycles. The van der Waals surface area contributed by atoms with E-state index in [0.29, 0.717) is 24.8 Å². The largest absolute Gasteiger partial charge is 0.396 e. The molecule has 3 aliphatic heterocycles. The predicted octanol–water partition coefficient (Wildman–Crippen LogP) is 2.01. The zero-order valence-electron chi connectivity index (χ0n) is 16.2. The maximum absolute atomic E-state index is 12.5. The van der Waals surface area contributed by atoms with Crippen molar-refractivity contribution in [3.05, 3.63) is 24.3 Å². The number of anilines is 1. The maximum Gasteiger partial charge on any atom is 0.317 e. The zero-order chi connectivity index (χ0) is 19.4. The molecule has 3 saturated heterocycles. The molecule has 0 saturated carbocycles. The smallest absolute Gasteiger partial charge is 0.317 e. The fourth-order valence-electron chi connectivity index (χ4n) is 4.46. The van der Waals surface area contributed by atoms with Gasteiger partial charge in [-0.3, -0.25) is 0 Å². The number of piperidine rings is 1. The highest BCUT2D eigenvalue weighted by Crippen LogP contribution is 2.43. The number of aliphatic hydroxyl groups excluding tert-OH is 2. The third kappa shape index (κ3) is 4.70. The Morgan fingerprint density at radius 1 is 1.19 bits per heavy atom. The van der Waals surface area contributed by atoms with Gasteiger partial charge in [-0.1, -0.05) is 13.8 Å². The molecule has 2 bridgehead atoms. The molecule has 7 heteroatoms. The summed E-state index contributed by atoms with van der Waals surface area (Å²) in [4.78, 5) is 18.0. The number of nitrogens with zero attached hydrogens (tertiary/aromatic N) is 2. The van der Waals surface area contributed by atoms with Crippen LogP contribution >= 0.6 is 11.8 Å². The Labute approximate surface area is 165 Å². The van der Waals surface area contributed by atoms with Crippen molar-refractivity contribution in [2.75, 3.05) is 50.0 Å². The fraction of sp³-hybridized carbons (Fsp3) is 0.650. The molecule has 0 radical (unpaired) electrons. The van der Waals surface area contributed by atoms with Gasteiger partial charge < -0.3 is 25.3 Å². The lowest BCUT2D eigenvalue weighted by Crippen LogP contribution is -2.54. The third-order valence-electron chi connectivity index (χ3n) is 5.62. The quantitative estimate of drug-likeness (QED) is 0.645. The first-order valence-corrected chi connectivity index (χ1v) is 10.7. The molecule has 3 N–H and O–H groups in total. The van der Waals surface area contributed by atoms with E-state index in [-0.39, 0.29) is 30.7 Å². The van der Waals surface area contributed by atoms with E-state index in [1.807, 2.05) is 4.90 Å². The number of hydrogen-bond acceptors (Lipinski definition) is 5. The summed E-state index contributed by atoms with van der Waals surface area (Å²) in [6, 6.07) is 8.74. The molecule has 3 fully saturated rings. The predicted molar refractivity (Wildman–Crippen MR) is 109 cm³/mol. The van der Waals surface area contributed by atoms with Gasteiger partial charge >= 0.3 is 6.03 Å². The van der Waals surface area contributed by atoms with E-state index in [1.54, 1.807) is 11.8 Å². The van der Waals surface area contributed by atoms with Crippen LogP contribution in [0, 0.1) is 11.3 Å². The number of thioether (sulfide) groups is 1. The van der Waals surface area contributed by atoms with Crippen molar-refractivity contribution in [3.63, 3.8) is 0 Å². The van der Waals surface area contributed by atoms with Crippen LogP contribution in [0.2, 0.25) is 0 Å². The van der Waals surface area contributed by atoms with Gasteiger partial charge in [0, 0.05) is 42.5 Å². The number of rotatable bonds is 6. The van der Waals surface area contributed by atoms with E-state index < -0.39 is 0 Å². The van der Waals surface area contributed by atoms with Crippen molar-refractivity contribution in [3.8, 4) is 0 Å². The molecule has 3 aliphatic rings. The molecule has 1 aromatic carbocycles. The van der Waals surface area contributed by atoms with Crippen LogP contribution < -0.4 is 10.2 Å². The molecule has 150 valence electrons. The minimum Gasteiger partial charge on any atom is -0.396 e. The molecule has 2 atom stereocenters. The number of aliphatic hydroxyl groups is 2. The lowest BCUT2D eigenvalue weighted by molar-refractivity contribution is 0.185. The second-order valence-corrected chi connectivity index (χ2v) is 9.32. The second-order valence-electron chi connectivity index (χ2n) is 8.15. The molecule has 4 rings (SSSR count). The van der Waals surface area contributed by atoms with Crippen molar-refractivity contribution in [2.24, 2.45) is 11.3 Å². The standard InChI is InChI=1S/C20H31N3O3S/c1-20(2)11-15-12-22(19(26)21-7-8-24)14-18(20)23(13-15)16-3-5-17(6-4-16)27-10-9-25/h3-6,15,18,24-25H,7-14H2,1-2H3,(H,21,26). The van der Waals surface area contributed by atoms with E-state index in [4.69, 9.17) is 10.2 Å². The van der Waals surface area contributed by atoms with Crippen LogP contribution in [0.1, 0.15) is 20.3 Å². The summed E-state index contributed by atoms with van der Waals surface area (Å²) in [5.74, 6) is 1.14. The van der Waals surface area contributed by atoms with Gasteiger partial charge in [-0.15, -0.1) is 11.8 Å². The monoisotopic (exact) mass is 393 g/mol. The SMILES string of the molecule is CC1(C)CC2CN(C(=O)NCCO)CC1N(c1ccc(SCCO)cc1)C2. The first kappa shape index (κ1) is 20.3. The van der Waals surface area contributed by atoms with Crippen LogP contribution in [0.4, 0.5) is 10.5 Å². The van der Waals surface area contributed by atoms with Gasteiger partial charge in [-0.2, -0.15) is 0 Å². The fourth-order valence-corrected chi connectivity index (χ4v) is 5.11. The Balaban J connectivity index is 1.78. The first-order chi connectivity index (χ1) is 12.9. The number of urea groups is 1.